The average molecular weight is 376 g/mol. The van der Waals surface area contributed by atoms with Crippen LogP contribution in [-0.2, 0) is 0 Å². The third kappa shape index (κ3) is 4.08. The summed E-state index contributed by atoms with van der Waals surface area (Å²) >= 11 is 0. The van der Waals surface area contributed by atoms with Gasteiger partial charge in [0.25, 0.3) is 11.8 Å². The van der Waals surface area contributed by atoms with Crippen molar-refractivity contribution in [1.82, 2.24) is 9.80 Å². The Morgan fingerprint density at radius 1 is 0.923 bits per heavy atom. The summed E-state index contributed by atoms with van der Waals surface area (Å²) in [7, 11) is 0. The number of carbonyl (C=O) groups is 2. The zero-order chi connectivity index (χ0) is 18.0. The Labute approximate surface area is 158 Å². The third-order valence-electron chi connectivity index (χ3n) is 4.46. The molecule has 3 rings (SSSR count). The summed E-state index contributed by atoms with van der Waals surface area (Å²) in [5.74, 6) is -0.0155. The second-order valence-corrected chi connectivity index (χ2v) is 6.21. The molecule has 3 N–H and O–H groups in total. The van der Waals surface area contributed by atoms with E-state index in [0.29, 0.717) is 43.0 Å². The monoisotopic (exact) mass is 375 g/mol. The molecule has 0 radical (unpaired) electrons. The summed E-state index contributed by atoms with van der Waals surface area (Å²) in [5.41, 5.74) is 8.39. The largest absolute Gasteiger partial charge is 0.508 e. The quantitative estimate of drug-likeness (QED) is 0.788. The van der Waals surface area contributed by atoms with Gasteiger partial charge in [0.05, 0.1) is 0 Å². The van der Waals surface area contributed by atoms with Crippen LogP contribution in [0.5, 0.6) is 5.75 Å². The number of nitrogen functional groups attached to an aromatic ring is 1. The molecular weight excluding hydrogens is 354 g/mol. The van der Waals surface area contributed by atoms with Crippen LogP contribution < -0.4 is 5.73 Å². The minimum Gasteiger partial charge on any atom is -0.508 e. The second kappa shape index (κ2) is 8.10. The summed E-state index contributed by atoms with van der Waals surface area (Å²) in [4.78, 5) is 28.7. The molecule has 0 unspecified atom stereocenters. The van der Waals surface area contributed by atoms with E-state index in [1.54, 1.807) is 34.1 Å². The molecule has 0 aromatic heterocycles. The highest BCUT2D eigenvalue weighted by Crippen LogP contribution is 2.18. The van der Waals surface area contributed by atoms with Crippen molar-refractivity contribution in [2.45, 2.75) is 6.92 Å². The number of carbonyl (C=O) groups excluding carboxylic acids is 2. The van der Waals surface area contributed by atoms with Gasteiger partial charge in [0.15, 0.2) is 0 Å². The molecule has 2 aromatic rings. The summed E-state index contributed by atoms with van der Waals surface area (Å²) in [6.45, 7) is 3.81. The highest BCUT2D eigenvalue weighted by molar-refractivity contribution is 5.97. The van der Waals surface area contributed by atoms with E-state index in [0.717, 1.165) is 5.56 Å². The number of amides is 2. The van der Waals surface area contributed by atoms with Crippen molar-refractivity contribution < 1.29 is 14.7 Å². The number of aromatic hydroxyl groups is 1. The van der Waals surface area contributed by atoms with Gasteiger partial charge in [0.2, 0.25) is 0 Å². The molecule has 1 fully saturated rings. The van der Waals surface area contributed by atoms with E-state index in [4.69, 9.17) is 5.73 Å². The Morgan fingerprint density at radius 3 is 2.04 bits per heavy atom. The van der Waals surface area contributed by atoms with E-state index in [1.807, 2.05) is 13.0 Å². The van der Waals surface area contributed by atoms with E-state index >= 15 is 0 Å². The van der Waals surface area contributed by atoms with Crippen LogP contribution in [0, 0.1) is 6.92 Å². The van der Waals surface area contributed by atoms with E-state index in [9.17, 15) is 14.7 Å². The lowest BCUT2D eigenvalue weighted by Crippen LogP contribution is -2.50. The molecule has 1 heterocycles. The summed E-state index contributed by atoms with van der Waals surface area (Å²) in [6.07, 6.45) is 0. The number of nitrogens with two attached hydrogens (primary N) is 1. The number of aryl methyl sites for hydroxylation is 1. The maximum Gasteiger partial charge on any atom is 0.254 e. The minimum absolute atomic E-state index is 0. The fourth-order valence-corrected chi connectivity index (χ4v) is 2.94. The van der Waals surface area contributed by atoms with Gasteiger partial charge in [0, 0.05) is 43.0 Å². The Kier molecular flexibility index (Phi) is 6.10. The normalized spacial score (nSPS) is 13.9. The molecule has 0 atom stereocenters. The van der Waals surface area contributed by atoms with E-state index in [2.05, 4.69) is 0 Å². The fraction of sp³-hybridized carbons (Fsp3) is 0.263. The van der Waals surface area contributed by atoms with Crippen LogP contribution in [0.2, 0.25) is 0 Å². The topological polar surface area (TPSA) is 86.9 Å². The van der Waals surface area contributed by atoms with E-state index in [-0.39, 0.29) is 30.0 Å². The predicted octanol–water partition coefficient (Wildman–Crippen LogP) is 2.30. The lowest BCUT2D eigenvalue weighted by molar-refractivity contribution is 0.0535. The van der Waals surface area contributed by atoms with Crippen molar-refractivity contribution in [3.8, 4) is 5.75 Å². The van der Waals surface area contributed by atoms with Crippen molar-refractivity contribution >= 4 is 29.9 Å². The molecule has 1 aliphatic rings. The van der Waals surface area contributed by atoms with Crippen LogP contribution in [0.25, 0.3) is 0 Å². The molecule has 2 amide bonds. The number of piperazine rings is 1. The summed E-state index contributed by atoms with van der Waals surface area (Å²) < 4.78 is 0. The molecule has 0 aliphatic carbocycles. The molecule has 6 nitrogen and oxygen atoms in total. The molecular formula is C19H22ClN3O3. The number of hydrogen-bond donors (Lipinski definition) is 2. The van der Waals surface area contributed by atoms with Crippen LogP contribution in [0.1, 0.15) is 26.3 Å². The van der Waals surface area contributed by atoms with Crippen molar-refractivity contribution in [2.24, 2.45) is 0 Å². The summed E-state index contributed by atoms with van der Waals surface area (Å²) in [6, 6.07) is 11.5. The zero-order valence-corrected chi connectivity index (χ0v) is 15.3. The number of rotatable bonds is 2. The molecule has 0 bridgehead atoms. The number of anilines is 1. The number of hydrogen-bond acceptors (Lipinski definition) is 4. The van der Waals surface area contributed by atoms with Crippen LogP contribution in [-0.4, -0.2) is 52.9 Å². The molecule has 0 saturated carbocycles. The molecule has 138 valence electrons. The van der Waals surface area contributed by atoms with Crippen LogP contribution in [0.15, 0.2) is 42.5 Å². The van der Waals surface area contributed by atoms with Gasteiger partial charge < -0.3 is 20.6 Å². The first-order valence-electron chi connectivity index (χ1n) is 8.19. The lowest BCUT2D eigenvalue weighted by Gasteiger charge is -2.35. The number of phenolic OH excluding ortho intramolecular Hbond substituents is 1. The van der Waals surface area contributed by atoms with Crippen LogP contribution in [0.3, 0.4) is 0 Å². The average Bonchev–Trinajstić information content (AvgIpc) is 2.63. The SMILES string of the molecule is Cc1ccc(N)cc1C(=O)N1CCN(C(=O)c2ccc(O)cc2)CC1.Cl. The number of halogens is 1. The third-order valence-corrected chi connectivity index (χ3v) is 4.46. The summed E-state index contributed by atoms with van der Waals surface area (Å²) in [5, 5.41) is 9.32. The lowest BCUT2D eigenvalue weighted by atomic mass is 10.1. The fourth-order valence-electron chi connectivity index (χ4n) is 2.94. The first-order chi connectivity index (χ1) is 12.0. The Bertz CT molecular complexity index is 800. The molecule has 1 saturated heterocycles. The van der Waals surface area contributed by atoms with E-state index < -0.39 is 0 Å². The van der Waals surface area contributed by atoms with Gasteiger partial charge in [-0.25, -0.2) is 0 Å². The molecule has 26 heavy (non-hydrogen) atoms. The minimum atomic E-state index is -0.0905. The predicted molar refractivity (Wildman–Crippen MR) is 103 cm³/mol. The number of phenols is 1. The smallest absolute Gasteiger partial charge is 0.254 e. The van der Waals surface area contributed by atoms with Gasteiger partial charge >= 0.3 is 0 Å². The Balaban J connectivity index is 0.00000243. The zero-order valence-electron chi connectivity index (χ0n) is 14.5. The van der Waals surface area contributed by atoms with Crippen molar-refractivity contribution in [2.75, 3.05) is 31.9 Å². The molecule has 0 spiro atoms. The number of benzene rings is 2. The van der Waals surface area contributed by atoms with Gasteiger partial charge in [-0.3, -0.25) is 9.59 Å². The number of nitrogens with zero attached hydrogens (tertiary/aromatic N) is 2. The van der Waals surface area contributed by atoms with Gasteiger partial charge in [0.1, 0.15) is 5.75 Å². The molecule has 2 aromatic carbocycles. The standard InChI is InChI=1S/C19H21N3O3.ClH/c1-13-2-5-15(20)12-17(13)19(25)22-10-8-21(9-11-22)18(24)14-3-6-16(23)7-4-14;/h2-7,12,23H,8-11,20H2,1H3;1H. The first kappa shape index (κ1) is 19.6. The maximum atomic E-state index is 12.7. The Morgan fingerprint density at radius 2 is 1.46 bits per heavy atom. The van der Waals surface area contributed by atoms with Crippen molar-refractivity contribution in [1.29, 1.82) is 0 Å². The molecule has 7 heteroatoms. The Hall–Kier alpha value is -2.73. The van der Waals surface area contributed by atoms with Crippen LogP contribution in [0.4, 0.5) is 5.69 Å². The van der Waals surface area contributed by atoms with Crippen molar-refractivity contribution in [3.63, 3.8) is 0 Å². The first-order valence-corrected chi connectivity index (χ1v) is 8.19. The molecule has 1 aliphatic heterocycles. The maximum absolute atomic E-state index is 12.7. The van der Waals surface area contributed by atoms with Gasteiger partial charge in [-0.2, -0.15) is 0 Å². The van der Waals surface area contributed by atoms with Gasteiger partial charge in [-0.15, -0.1) is 12.4 Å². The van der Waals surface area contributed by atoms with Crippen LogP contribution >= 0.6 is 12.4 Å². The highest BCUT2D eigenvalue weighted by Gasteiger charge is 2.26. The highest BCUT2D eigenvalue weighted by atomic mass is 35.5. The van der Waals surface area contributed by atoms with Crippen molar-refractivity contribution in [3.05, 3.63) is 59.2 Å². The second-order valence-electron chi connectivity index (χ2n) is 6.21. The van der Waals surface area contributed by atoms with Gasteiger partial charge in [-0.1, -0.05) is 6.07 Å². The van der Waals surface area contributed by atoms with Gasteiger partial charge in [-0.05, 0) is 48.9 Å². The van der Waals surface area contributed by atoms with E-state index in [1.165, 1.54) is 12.1 Å².